The molecule has 0 unspecified atom stereocenters. The van der Waals surface area contributed by atoms with Gasteiger partial charge in [0.05, 0.1) is 5.52 Å². The molecule has 0 bridgehead atoms. The van der Waals surface area contributed by atoms with Crippen LogP contribution in [0.15, 0.2) is 36.5 Å². The van der Waals surface area contributed by atoms with Crippen LogP contribution in [0.1, 0.15) is 11.4 Å². The number of hydrogen-bond acceptors (Lipinski definition) is 5. The molecule has 0 radical (unpaired) electrons. The predicted molar refractivity (Wildman–Crippen MR) is 82.9 cm³/mol. The van der Waals surface area contributed by atoms with Gasteiger partial charge in [-0.2, -0.15) is 0 Å². The molecule has 3 rings (SSSR count). The first-order valence-corrected chi connectivity index (χ1v) is 7.51. The van der Waals surface area contributed by atoms with Gasteiger partial charge in [0.15, 0.2) is 0 Å². The fraction of sp³-hybridized carbons (Fsp3) is 0.267. The van der Waals surface area contributed by atoms with Gasteiger partial charge in [-0.05, 0) is 32.1 Å². The van der Waals surface area contributed by atoms with Crippen LogP contribution in [-0.4, -0.2) is 28.8 Å². The van der Waals surface area contributed by atoms with Gasteiger partial charge in [0.1, 0.15) is 10.0 Å². The maximum Gasteiger partial charge on any atom is 0.150 e. The number of aryl methyl sites for hydroxylation is 1. The second-order valence-corrected chi connectivity index (χ2v) is 5.65. The molecular formula is C15H16N4S. The molecule has 20 heavy (non-hydrogen) atoms. The molecule has 3 aromatic rings. The molecule has 5 heteroatoms. The Balaban J connectivity index is 1.91. The lowest BCUT2D eigenvalue weighted by atomic mass is 10.1. The van der Waals surface area contributed by atoms with Crippen LogP contribution in [-0.2, 0) is 6.42 Å². The molecule has 102 valence electrons. The lowest BCUT2D eigenvalue weighted by molar-refractivity contribution is 0.718. The average molecular weight is 284 g/mol. The van der Waals surface area contributed by atoms with Crippen LogP contribution in [0.3, 0.4) is 0 Å². The molecule has 0 atom stereocenters. The molecule has 0 aliphatic rings. The molecule has 0 amide bonds. The Kier molecular flexibility index (Phi) is 3.99. The summed E-state index contributed by atoms with van der Waals surface area (Å²) in [5.74, 6) is 0. The Morgan fingerprint density at radius 3 is 2.95 bits per heavy atom. The van der Waals surface area contributed by atoms with Gasteiger partial charge in [-0.15, -0.1) is 10.2 Å². The molecule has 0 aliphatic heterocycles. The van der Waals surface area contributed by atoms with Crippen molar-refractivity contribution in [1.29, 1.82) is 0 Å². The van der Waals surface area contributed by atoms with Crippen molar-refractivity contribution < 1.29 is 0 Å². The van der Waals surface area contributed by atoms with Gasteiger partial charge in [-0.1, -0.05) is 29.5 Å². The van der Waals surface area contributed by atoms with E-state index in [0.717, 1.165) is 45.9 Å². The zero-order valence-electron chi connectivity index (χ0n) is 11.3. The van der Waals surface area contributed by atoms with Gasteiger partial charge in [0.25, 0.3) is 0 Å². The fourth-order valence-electron chi connectivity index (χ4n) is 2.16. The zero-order valence-corrected chi connectivity index (χ0v) is 12.2. The van der Waals surface area contributed by atoms with E-state index in [2.05, 4.69) is 38.7 Å². The number of rotatable bonds is 5. The maximum absolute atomic E-state index is 4.47. The third kappa shape index (κ3) is 2.69. The molecule has 4 nitrogen and oxygen atoms in total. The minimum atomic E-state index is 0.953. The number of nitrogens with zero attached hydrogens (tertiary/aromatic N) is 3. The van der Waals surface area contributed by atoms with E-state index in [0.29, 0.717) is 0 Å². The van der Waals surface area contributed by atoms with Crippen molar-refractivity contribution in [3.8, 4) is 10.6 Å². The zero-order chi connectivity index (χ0) is 13.8. The Morgan fingerprint density at radius 1 is 1.15 bits per heavy atom. The van der Waals surface area contributed by atoms with Crippen molar-refractivity contribution in [3.05, 3.63) is 41.5 Å². The second kappa shape index (κ2) is 6.07. The van der Waals surface area contributed by atoms with E-state index >= 15 is 0 Å². The van der Waals surface area contributed by atoms with E-state index < -0.39 is 0 Å². The molecule has 2 aromatic heterocycles. The van der Waals surface area contributed by atoms with Gasteiger partial charge in [0.2, 0.25) is 0 Å². The molecule has 0 saturated heterocycles. The van der Waals surface area contributed by atoms with E-state index in [-0.39, 0.29) is 0 Å². The highest BCUT2D eigenvalue weighted by atomic mass is 32.1. The first-order chi connectivity index (χ1) is 9.88. The van der Waals surface area contributed by atoms with E-state index in [1.165, 1.54) is 0 Å². The van der Waals surface area contributed by atoms with Crippen molar-refractivity contribution in [1.82, 2.24) is 20.5 Å². The Labute approximate surface area is 121 Å². The van der Waals surface area contributed by atoms with Gasteiger partial charge in [0, 0.05) is 23.6 Å². The number of fused-ring (bicyclic) bond motifs is 1. The van der Waals surface area contributed by atoms with Crippen LogP contribution in [0.5, 0.6) is 0 Å². The number of benzene rings is 1. The highest BCUT2D eigenvalue weighted by molar-refractivity contribution is 7.14. The third-order valence-electron chi connectivity index (χ3n) is 3.15. The quantitative estimate of drug-likeness (QED) is 0.732. The van der Waals surface area contributed by atoms with Crippen LogP contribution < -0.4 is 5.32 Å². The summed E-state index contributed by atoms with van der Waals surface area (Å²) in [5, 5.41) is 14.9. The smallest absolute Gasteiger partial charge is 0.150 e. The van der Waals surface area contributed by atoms with Crippen LogP contribution in [0.2, 0.25) is 0 Å². The molecular weight excluding hydrogens is 268 g/mol. The van der Waals surface area contributed by atoms with Crippen LogP contribution in [0.25, 0.3) is 21.5 Å². The number of hydrogen-bond donors (Lipinski definition) is 1. The molecule has 0 fully saturated rings. The second-order valence-electron chi connectivity index (χ2n) is 4.59. The van der Waals surface area contributed by atoms with E-state index in [1.807, 2.05) is 25.4 Å². The minimum absolute atomic E-state index is 0.953. The largest absolute Gasteiger partial charge is 0.320 e. The summed E-state index contributed by atoms with van der Waals surface area (Å²) >= 11 is 1.66. The summed E-state index contributed by atoms with van der Waals surface area (Å²) in [6.07, 6.45) is 3.87. The highest BCUT2D eigenvalue weighted by Crippen LogP contribution is 2.29. The number of pyridine rings is 1. The van der Waals surface area contributed by atoms with Crippen molar-refractivity contribution >= 4 is 22.2 Å². The molecule has 1 aromatic carbocycles. The van der Waals surface area contributed by atoms with Gasteiger partial charge < -0.3 is 5.32 Å². The first-order valence-electron chi connectivity index (χ1n) is 6.69. The SMILES string of the molecule is CNCCCc1nnc(-c2cccc3cccnc23)s1. The molecule has 0 aliphatic carbocycles. The minimum Gasteiger partial charge on any atom is -0.320 e. The van der Waals surface area contributed by atoms with Crippen LogP contribution in [0.4, 0.5) is 0 Å². The summed E-state index contributed by atoms with van der Waals surface area (Å²) in [7, 11) is 1.97. The highest BCUT2D eigenvalue weighted by Gasteiger charge is 2.10. The van der Waals surface area contributed by atoms with E-state index in [9.17, 15) is 0 Å². The number of para-hydroxylation sites is 1. The summed E-state index contributed by atoms with van der Waals surface area (Å²) in [5.41, 5.74) is 2.06. The van der Waals surface area contributed by atoms with Gasteiger partial charge in [-0.3, -0.25) is 4.98 Å². The topological polar surface area (TPSA) is 50.7 Å². The summed E-state index contributed by atoms with van der Waals surface area (Å²) in [6, 6.07) is 10.2. The fourth-order valence-corrected chi connectivity index (χ4v) is 3.06. The lowest BCUT2D eigenvalue weighted by Gasteiger charge is -2.01. The predicted octanol–water partition coefficient (Wildman–Crippen LogP) is 2.91. The van der Waals surface area contributed by atoms with Crippen molar-refractivity contribution in [2.24, 2.45) is 0 Å². The number of aromatic nitrogens is 3. The summed E-state index contributed by atoms with van der Waals surface area (Å²) in [6.45, 7) is 1.00. The number of nitrogens with one attached hydrogen (secondary N) is 1. The maximum atomic E-state index is 4.47. The third-order valence-corrected chi connectivity index (χ3v) is 4.16. The van der Waals surface area contributed by atoms with E-state index in [1.54, 1.807) is 11.3 Å². The van der Waals surface area contributed by atoms with Crippen molar-refractivity contribution in [3.63, 3.8) is 0 Å². The Morgan fingerprint density at radius 2 is 2.05 bits per heavy atom. The monoisotopic (exact) mass is 284 g/mol. The van der Waals surface area contributed by atoms with Crippen molar-refractivity contribution in [2.75, 3.05) is 13.6 Å². The standard InChI is InChI=1S/C15H16N4S/c1-16-9-4-8-13-18-19-15(20-13)12-7-2-5-11-6-3-10-17-14(11)12/h2-3,5-7,10,16H,4,8-9H2,1H3. The Bertz CT molecular complexity index is 702. The average Bonchev–Trinajstić information content (AvgIpc) is 2.96. The molecule has 0 spiro atoms. The molecule has 2 heterocycles. The lowest BCUT2D eigenvalue weighted by Crippen LogP contribution is -2.08. The normalized spacial score (nSPS) is 11.1. The molecule has 1 N–H and O–H groups in total. The van der Waals surface area contributed by atoms with Crippen molar-refractivity contribution in [2.45, 2.75) is 12.8 Å². The Hall–Kier alpha value is -1.85. The molecule has 0 saturated carbocycles. The van der Waals surface area contributed by atoms with Gasteiger partial charge in [-0.25, -0.2) is 0 Å². The van der Waals surface area contributed by atoms with Crippen LogP contribution >= 0.6 is 11.3 Å². The summed E-state index contributed by atoms with van der Waals surface area (Å²) in [4.78, 5) is 4.47. The van der Waals surface area contributed by atoms with E-state index in [4.69, 9.17) is 0 Å². The first kappa shape index (κ1) is 13.1. The van der Waals surface area contributed by atoms with Gasteiger partial charge >= 0.3 is 0 Å². The summed E-state index contributed by atoms with van der Waals surface area (Å²) < 4.78 is 0. The van der Waals surface area contributed by atoms with Crippen LogP contribution in [0, 0.1) is 0 Å².